The fourth-order valence-corrected chi connectivity index (χ4v) is 6.65. The van der Waals surface area contributed by atoms with Crippen molar-refractivity contribution >= 4 is 26.6 Å². The second kappa shape index (κ2) is 6.63. The number of hydrogen-bond acceptors (Lipinski definition) is 4. The first kappa shape index (κ1) is 18.5. The first-order valence-corrected chi connectivity index (χ1v) is 11.5. The molecule has 2 atom stereocenters. The molecule has 27 heavy (non-hydrogen) atoms. The van der Waals surface area contributed by atoms with Crippen molar-refractivity contribution in [3.05, 3.63) is 35.0 Å². The Kier molecular flexibility index (Phi) is 4.55. The molecule has 7 heteroatoms. The van der Waals surface area contributed by atoms with Crippen molar-refractivity contribution in [1.29, 1.82) is 0 Å². The molecule has 3 heterocycles. The van der Waals surface area contributed by atoms with E-state index in [0.29, 0.717) is 12.2 Å². The Bertz CT molecular complexity index is 995. The summed E-state index contributed by atoms with van der Waals surface area (Å²) in [6.07, 6.45) is 0.984. The molecule has 146 valence electrons. The van der Waals surface area contributed by atoms with Crippen molar-refractivity contribution < 1.29 is 13.2 Å². The third kappa shape index (κ3) is 3.17. The zero-order valence-corrected chi connectivity index (χ0v) is 17.0. The molecule has 0 spiro atoms. The molecule has 0 saturated carbocycles. The van der Waals surface area contributed by atoms with E-state index in [-0.39, 0.29) is 29.5 Å². The first-order valence-electron chi connectivity index (χ1n) is 9.65. The van der Waals surface area contributed by atoms with Crippen LogP contribution in [0.4, 0.5) is 0 Å². The van der Waals surface area contributed by atoms with E-state index in [4.69, 9.17) is 0 Å². The number of rotatable bonds is 3. The maximum Gasteiger partial charge on any atom is 0.270 e. The van der Waals surface area contributed by atoms with E-state index in [2.05, 4.69) is 22.9 Å². The van der Waals surface area contributed by atoms with Crippen molar-refractivity contribution in [3.63, 3.8) is 0 Å². The molecule has 1 amide bonds. The third-order valence-corrected chi connectivity index (χ3v) is 7.69. The summed E-state index contributed by atoms with van der Waals surface area (Å²) in [4.78, 5) is 20.7. The lowest BCUT2D eigenvalue weighted by atomic mass is 10.0. The number of H-pyrrole nitrogens is 1. The Morgan fingerprint density at radius 1 is 1.19 bits per heavy atom. The zero-order valence-electron chi connectivity index (χ0n) is 16.2. The van der Waals surface area contributed by atoms with Crippen molar-refractivity contribution in [3.8, 4) is 0 Å². The summed E-state index contributed by atoms with van der Waals surface area (Å²) < 4.78 is 24.6. The van der Waals surface area contributed by atoms with Gasteiger partial charge in [-0.1, -0.05) is 18.6 Å². The van der Waals surface area contributed by atoms with E-state index in [1.54, 1.807) is 4.90 Å². The number of nitrogens with zero attached hydrogens (tertiary/aromatic N) is 2. The molecule has 6 nitrogen and oxygen atoms in total. The van der Waals surface area contributed by atoms with Crippen LogP contribution in [-0.4, -0.2) is 72.3 Å². The van der Waals surface area contributed by atoms with Gasteiger partial charge in [-0.05, 0) is 44.5 Å². The number of carbonyl (C=O) groups is 1. The van der Waals surface area contributed by atoms with Crippen LogP contribution in [-0.2, 0) is 9.84 Å². The van der Waals surface area contributed by atoms with Crippen LogP contribution in [0.2, 0.25) is 0 Å². The van der Waals surface area contributed by atoms with Gasteiger partial charge in [-0.2, -0.15) is 0 Å². The normalized spacial score (nSPS) is 25.1. The van der Waals surface area contributed by atoms with Gasteiger partial charge >= 0.3 is 0 Å². The molecular weight excluding hydrogens is 362 g/mol. The molecule has 0 unspecified atom stereocenters. The van der Waals surface area contributed by atoms with Crippen LogP contribution in [0.1, 0.15) is 35.0 Å². The lowest BCUT2D eigenvalue weighted by Gasteiger charge is -2.43. The molecule has 2 aliphatic heterocycles. The lowest BCUT2D eigenvalue weighted by molar-refractivity contribution is 0.0328. The maximum absolute atomic E-state index is 13.4. The highest BCUT2D eigenvalue weighted by Crippen LogP contribution is 2.30. The largest absolute Gasteiger partial charge is 0.350 e. The fraction of sp³-hybridized carbons (Fsp3) is 0.550. The average Bonchev–Trinajstić information content (AvgIpc) is 3.11. The number of aryl methyl sites for hydroxylation is 2. The highest BCUT2D eigenvalue weighted by molar-refractivity contribution is 7.91. The third-order valence-electron chi connectivity index (χ3n) is 5.99. The molecule has 2 aromatic rings. The van der Waals surface area contributed by atoms with Crippen molar-refractivity contribution in [2.45, 2.75) is 39.3 Å². The van der Waals surface area contributed by atoms with Crippen LogP contribution in [0, 0.1) is 13.8 Å². The molecule has 2 aliphatic rings. The van der Waals surface area contributed by atoms with Gasteiger partial charge in [0.2, 0.25) is 0 Å². The molecule has 1 aromatic heterocycles. The van der Waals surface area contributed by atoms with Gasteiger partial charge in [-0.3, -0.25) is 9.69 Å². The van der Waals surface area contributed by atoms with E-state index < -0.39 is 9.84 Å². The van der Waals surface area contributed by atoms with Gasteiger partial charge in [0, 0.05) is 30.0 Å². The Morgan fingerprint density at radius 3 is 2.67 bits per heavy atom. The number of carbonyl (C=O) groups excluding carboxylic acids is 1. The Balaban J connectivity index is 1.69. The number of aromatic amines is 1. The summed E-state index contributed by atoms with van der Waals surface area (Å²) >= 11 is 0. The van der Waals surface area contributed by atoms with Gasteiger partial charge < -0.3 is 9.88 Å². The molecule has 0 bridgehead atoms. The van der Waals surface area contributed by atoms with Gasteiger partial charge in [-0.15, -0.1) is 0 Å². The van der Waals surface area contributed by atoms with Gasteiger partial charge in [0.25, 0.3) is 5.91 Å². The Morgan fingerprint density at radius 2 is 1.93 bits per heavy atom. The van der Waals surface area contributed by atoms with E-state index in [1.807, 2.05) is 26.0 Å². The smallest absolute Gasteiger partial charge is 0.270 e. The number of fused-ring (bicyclic) bond motifs is 2. The van der Waals surface area contributed by atoms with E-state index in [9.17, 15) is 13.2 Å². The summed E-state index contributed by atoms with van der Waals surface area (Å²) in [5.74, 6) is 0.151. The monoisotopic (exact) mass is 389 g/mol. The lowest BCUT2D eigenvalue weighted by Crippen LogP contribution is -2.60. The number of piperazine rings is 1. The summed E-state index contributed by atoms with van der Waals surface area (Å²) in [7, 11) is -3.11. The number of nitrogens with one attached hydrogen (secondary N) is 1. The highest BCUT2D eigenvalue weighted by Gasteiger charge is 2.48. The summed E-state index contributed by atoms with van der Waals surface area (Å²) in [6.45, 7) is 8.28. The minimum absolute atomic E-state index is 0.0714. The predicted molar refractivity (Wildman–Crippen MR) is 107 cm³/mol. The minimum atomic E-state index is -3.11. The second-order valence-corrected chi connectivity index (χ2v) is 10.1. The van der Waals surface area contributed by atoms with Crippen LogP contribution >= 0.6 is 0 Å². The topological polar surface area (TPSA) is 73.5 Å². The van der Waals surface area contributed by atoms with Crippen LogP contribution in [0.15, 0.2) is 18.2 Å². The average molecular weight is 390 g/mol. The quantitative estimate of drug-likeness (QED) is 0.873. The molecule has 1 aromatic carbocycles. The minimum Gasteiger partial charge on any atom is -0.350 e. The van der Waals surface area contributed by atoms with Gasteiger partial charge in [0.05, 0.1) is 17.5 Å². The Hall–Kier alpha value is -1.86. The van der Waals surface area contributed by atoms with Crippen LogP contribution in [0.3, 0.4) is 0 Å². The van der Waals surface area contributed by atoms with Crippen molar-refractivity contribution in [1.82, 2.24) is 14.8 Å². The van der Waals surface area contributed by atoms with Gasteiger partial charge in [-0.25, -0.2) is 8.42 Å². The second-order valence-electron chi connectivity index (χ2n) is 7.92. The standard InChI is InChI=1S/C20H27N3O3S/c1-4-7-22-8-9-23(18-12-27(25,26)11-17(18)22)20(24)19-14(3)15-10-13(2)5-6-16(15)21-19/h5-6,10,17-18,21H,4,7-9,11-12H2,1-3H3/t17-,18+/m0/s1. The Labute approximate surface area is 160 Å². The highest BCUT2D eigenvalue weighted by atomic mass is 32.2. The number of hydrogen-bond donors (Lipinski definition) is 1. The van der Waals surface area contributed by atoms with Gasteiger partial charge in [0.15, 0.2) is 9.84 Å². The summed E-state index contributed by atoms with van der Waals surface area (Å²) in [6, 6.07) is 5.77. The predicted octanol–water partition coefficient (Wildman–Crippen LogP) is 2.12. The van der Waals surface area contributed by atoms with E-state index >= 15 is 0 Å². The first-order chi connectivity index (χ1) is 12.8. The van der Waals surface area contributed by atoms with Crippen LogP contribution in [0.5, 0.6) is 0 Å². The molecule has 2 fully saturated rings. The summed E-state index contributed by atoms with van der Waals surface area (Å²) in [5, 5.41) is 1.05. The maximum atomic E-state index is 13.4. The van der Waals surface area contributed by atoms with E-state index in [1.165, 1.54) is 0 Å². The number of aromatic nitrogens is 1. The molecular formula is C20H27N3O3S. The van der Waals surface area contributed by atoms with Crippen LogP contribution < -0.4 is 0 Å². The zero-order chi connectivity index (χ0) is 19.3. The summed E-state index contributed by atoms with van der Waals surface area (Å²) in [5.41, 5.74) is 3.62. The van der Waals surface area contributed by atoms with Crippen LogP contribution in [0.25, 0.3) is 10.9 Å². The number of benzene rings is 1. The molecule has 4 rings (SSSR count). The van der Waals surface area contributed by atoms with Gasteiger partial charge in [0.1, 0.15) is 5.69 Å². The number of amides is 1. The van der Waals surface area contributed by atoms with Crippen molar-refractivity contribution in [2.24, 2.45) is 0 Å². The SMILES string of the molecule is CCCN1CCN(C(=O)c2[nH]c3ccc(C)cc3c2C)[C@@H]2CS(=O)(=O)C[C@@H]21. The van der Waals surface area contributed by atoms with Crippen molar-refractivity contribution in [2.75, 3.05) is 31.1 Å². The molecule has 0 aliphatic carbocycles. The fourth-order valence-electron chi connectivity index (χ4n) is 4.64. The molecule has 0 radical (unpaired) electrons. The number of sulfone groups is 1. The molecule has 1 N–H and O–H groups in total. The van der Waals surface area contributed by atoms with E-state index in [0.717, 1.165) is 41.5 Å². The molecule has 2 saturated heterocycles.